The minimum Gasteiger partial charge on any atom is -0.511 e. The fraction of sp³-hybridized carbons (Fsp3) is 0.333. The van der Waals surface area contributed by atoms with Crippen LogP contribution in [0.2, 0.25) is 0 Å². The van der Waals surface area contributed by atoms with Gasteiger partial charge in [0.2, 0.25) is 0 Å². The fourth-order valence-corrected chi connectivity index (χ4v) is 10.9. The van der Waals surface area contributed by atoms with Crippen LogP contribution in [0.15, 0.2) is 168 Å². The van der Waals surface area contributed by atoms with Crippen molar-refractivity contribution in [3.63, 3.8) is 0 Å². The number of aromatic nitrogens is 1. The fourth-order valence-electron chi connectivity index (χ4n) is 10.9. The molecule has 0 spiro atoms. The van der Waals surface area contributed by atoms with E-state index in [2.05, 4.69) is 162 Å². The van der Waals surface area contributed by atoms with Crippen molar-refractivity contribution in [3.8, 4) is 11.5 Å². The number of esters is 1. The summed E-state index contributed by atoms with van der Waals surface area (Å²) in [6.07, 6.45) is 15.6. The average molecular weight is 1020 g/mol. The molecule has 5 heterocycles. The molecular formula is C66H73N5O5. The molecule has 0 amide bonds. The Morgan fingerprint density at radius 2 is 1.36 bits per heavy atom. The number of fused-ring (bicyclic) bond motifs is 5. The lowest BCUT2D eigenvalue weighted by atomic mass is 9.88. The molecule has 4 aliphatic heterocycles. The first kappa shape index (κ1) is 53.3. The molecule has 0 atom stereocenters. The molecule has 0 saturated carbocycles. The highest BCUT2D eigenvalue weighted by atomic mass is 16.5. The Bertz CT molecular complexity index is 3380. The van der Waals surface area contributed by atoms with Crippen LogP contribution < -0.4 is 20.2 Å². The first-order valence-corrected chi connectivity index (χ1v) is 27.2. The second-order valence-corrected chi connectivity index (χ2v) is 20.5. The summed E-state index contributed by atoms with van der Waals surface area (Å²) in [4.78, 5) is 34.7. The van der Waals surface area contributed by atoms with E-state index in [1.165, 1.54) is 22.3 Å². The minimum absolute atomic E-state index is 0.217. The number of hydrogen-bond donors (Lipinski definition) is 2. The van der Waals surface area contributed by atoms with Crippen LogP contribution in [-0.2, 0) is 9.53 Å². The first-order chi connectivity index (χ1) is 36.9. The van der Waals surface area contributed by atoms with E-state index in [0.717, 1.165) is 164 Å². The summed E-state index contributed by atoms with van der Waals surface area (Å²) in [5.74, 6) is 1.78. The van der Waals surface area contributed by atoms with Crippen LogP contribution >= 0.6 is 0 Å². The van der Waals surface area contributed by atoms with E-state index in [1.807, 2.05) is 13.0 Å². The van der Waals surface area contributed by atoms with Crippen molar-refractivity contribution in [2.75, 3.05) is 40.5 Å². The van der Waals surface area contributed by atoms with Crippen molar-refractivity contribution in [2.24, 2.45) is 15.0 Å². The highest BCUT2D eigenvalue weighted by Crippen LogP contribution is 2.45. The van der Waals surface area contributed by atoms with Gasteiger partial charge in [-0.15, -0.1) is 0 Å². The summed E-state index contributed by atoms with van der Waals surface area (Å²) in [6.45, 7) is 19.4. The Hall–Kier alpha value is -7.56. The topological polar surface area (TPSA) is 121 Å². The molecule has 5 aliphatic rings. The molecule has 0 saturated heterocycles. The third kappa shape index (κ3) is 11.5. The van der Waals surface area contributed by atoms with Crippen LogP contribution in [0.4, 0.5) is 0 Å². The highest BCUT2D eigenvalue weighted by Gasteiger charge is 2.37. The molecule has 0 unspecified atom stereocenters. The summed E-state index contributed by atoms with van der Waals surface area (Å²) >= 11 is 0. The molecular weight excluding hydrogens is 943 g/mol. The molecule has 2 N–H and O–H groups in total. The number of ether oxygens (including phenoxy) is 3. The summed E-state index contributed by atoms with van der Waals surface area (Å²) in [5, 5.41) is 13.4. The monoisotopic (exact) mass is 1020 g/mol. The van der Waals surface area contributed by atoms with E-state index in [1.54, 1.807) is 0 Å². The van der Waals surface area contributed by atoms with E-state index in [4.69, 9.17) is 29.2 Å². The van der Waals surface area contributed by atoms with E-state index in [0.29, 0.717) is 32.7 Å². The summed E-state index contributed by atoms with van der Waals surface area (Å²) < 4.78 is 18.1. The lowest BCUT2D eigenvalue weighted by Crippen LogP contribution is -2.19. The van der Waals surface area contributed by atoms with Crippen molar-refractivity contribution in [3.05, 3.63) is 192 Å². The Morgan fingerprint density at radius 1 is 0.724 bits per heavy atom. The molecule has 10 heteroatoms. The predicted molar refractivity (Wildman–Crippen MR) is 312 cm³/mol. The van der Waals surface area contributed by atoms with E-state index >= 15 is 0 Å². The van der Waals surface area contributed by atoms with Gasteiger partial charge in [-0.1, -0.05) is 100 Å². The Labute approximate surface area is 449 Å². The zero-order valence-corrected chi connectivity index (χ0v) is 45.8. The smallest absolute Gasteiger partial charge is 0.306 e. The largest absolute Gasteiger partial charge is 0.511 e. The quantitative estimate of drug-likeness (QED) is 0.0459. The summed E-state index contributed by atoms with van der Waals surface area (Å²) in [6, 6.07) is 27.6. The number of carbonyl (C=O) groups is 1. The molecule has 8 bridgehead atoms. The number of aliphatic imine (C=N–C) groups is 3. The van der Waals surface area contributed by atoms with E-state index in [9.17, 15) is 9.90 Å². The number of nitrogens with one attached hydrogen (secondary N) is 1. The van der Waals surface area contributed by atoms with Gasteiger partial charge in [0.1, 0.15) is 23.9 Å². The van der Waals surface area contributed by atoms with Crippen LogP contribution in [0.25, 0.3) is 29.4 Å². The SMILES string of the molecule is C=Cc1c(C)c2[nH]c1=CC1=NC(=CC3=C(C)C4=C(O)CC(=C5N=C(C=2)C(C)=C5CCC(=O)OCCCCCCCOc2ccc(/C(=C(\CC)c5ccccc5)c5ccc(OCCN(C)C)cc5)cc2)C4=N3)C(CC)=C1C. The number of aromatic amines is 1. The minimum atomic E-state index is -0.229. The van der Waals surface area contributed by atoms with Crippen LogP contribution in [0.5, 0.6) is 11.5 Å². The lowest BCUT2D eigenvalue weighted by molar-refractivity contribution is -0.143. The maximum Gasteiger partial charge on any atom is 0.306 e. The average Bonchev–Trinajstić information content (AvgIpc) is 4.20. The van der Waals surface area contributed by atoms with Crippen molar-refractivity contribution >= 4 is 52.5 Å². The van der Waals surface area contributed by atoms with Gasteiger partial charge >= 0.3 is 5.97 Å². The normalized spacial score (nSPS) is 16.2. The summed E-state index contributed by atoms with van der Waals surface area (Å²) in [5.41, 5.74) is 19.8. The standard InChI is InChI=1S/C66H73N5O5/c1-10-50-41(4)55-38-57-43(6)53(65(69-57)54-37-61(72)63-44(7)58(70-66(54)63)40-60-51(11-2)42(5)56(68-60)39-59(50)67-55)31-32-62(73)76-35-20-15-13-14-19-34-74-48-27-23-46(24-28-48)64(52(12-3)45-21-17-16-18-22-45)47-25-29-49(30-26-47)75-36-33-71(8)9/h10,16-18,21-30,38-40,67,72H,1,11-15,19-20,31-37H2,2-9H3/b55-38?,59-39?,60-40?,64-52-,65-54?. The number of H-pyrrole nitrogens is 1. The Morgan fingerprint density at radius 3 is 2.01 bits per heavy atom. The molecule has 3 aromatic carbocycles. The van der Waals surface area contributed by atoms with Crippen LogP contribution in [-0.4, -0.2) is 78.6 Å². The Kier molecular flexibility index (Phi) is 16.8. The van der Waals surface area contributed by atoms with Gasteiger partial charge in [0.05, 0.1) is 47.4 Å². The van der Waals surface area contributed by atoms with Crippen molar-refractivity contribution in [1.82, 2.24) is 9.88 Å². The van der Waals surface area contributed by atoms with Gasteiger partial charge in [0.25, 0.3) is 0 Å². The van der Waals surface area contributed by atoms with Gasteiger partial charge in [-0.2, -0.15) is 0 Å². The molecule has 392 valence electrons. The molecule has 10 nitrogen and oxygen atoms in total. The molecule has 0 fully saturated rings. The molecule has 1 aliphatic carbocycles. The zero-order chi connectivity index (χ0) is 53.5. The van der Waals surface area contributed by atoms with Gasteiger partial charge in [0, 0.05) is 46.8 Å². The van der Waals surface area contributed by atoms with Crippen molar-refractivity contribution in [1.29, 1.82) is 0 Å². The number of likely N-dealkylation sites (N-methyl/N-ethyl adjacent to an activating group) is 1. The van der Waals surface area contributed by atoms with Gasteiger partial charge in [0.15, 0.2) is 0 Å². The first-order valence-electron chi connectivity index (χ1n) is 27.2. The van der Waals surface area contributed by atoms with E-state index < -0.39 is 0 Å². The number of hydrogen-bond acceptors (Lipinski definition) is 9. The Balaban J connectivity index is 0.790. The second kappa shape index (κ2) is 24.0. The maximum atomic E-state index is 13.4. The number of nitrogens with zero attached hydrogens (tertiary/aromatic N) is 4. The number of aliphatic hydroxyl groups excluding tert-OH is 1. The van der Waals surface area contributed by atoms with Gasteiger partial charge in [-0.3, -0.25) is 4.79 Å². The third-order valence-electron chi connectivity index (χ3n) is 15.2. The molecule has 1 aromatic heterocycles. The van der Waals surface area contributed by atoms with Gasteiger partial charge < -0.3 is 29.2 Å². The van der Waals surface area contributed by atoms with Gasteiger partial charge in [-0.25, -0.2) is 15.0 Å². The lowest BCUT2D eigenvalue weighted by Gasteiger charge is -2.17. The highest BCUT2D eigenvalue weighted by molar-refractivity contribution is 6.26. The third-order valence-corrected chi connectivity index (χ3v) is 15.2. The number of benzene rings is 3. The van der Waals surface area contributed by atoms with Crippen LogP contribution in [0.1, 0.15) is 127 Å². The molecule has 9 rings (SSSR count). The van der Waals surface area contributed by atoms with Crippen molar-refractivity contribution < 1.29 is 24.1 Å². The number of allylic oxidation sites excluding steroid dienone is 9. The maximum absolute atomic E-state index is 13.4. The number of rotatable bonds is 22. The zero-order valence-electron chi connectivity index (χ0n) is 45.8. The van der Waals surface area contributed by atoms with E-state index in [-0.39, 0.29) is 18.1 Å². The number of aliphatic hydroxyl groups is 1. The second-order valence-electron chi connectivity index (χ2n) is 20.5. The van der Waals surface area contributed by atoms with Crippen LogP contribution in [0, 0.1) is 6.92 Å². The predicted octanol–water partition coefficient (Wildman–Crippen LogP) is 13.2. The number of unbranched alkanes of at least 4 members (excludes halogenated alkanes) is 4. The van der Waals surface area contributed by atoms with Crippen LogP contribution in [0.3, 0.4) is 0 Å². The molecule has 0 radical (unpaired) electrons. The number of carbonyl (C=O) groups excluding carboxylic acids is 1. The molecule has 76 heavy (non-hydrogen) atoms. The molecule has 4 aromatic rings. The van der Waals surface area contributed by atoms with Gasteiger partial charge in [-0.05, 0) is 178 Å². The van der Waals surface area contributed by atoms with Crippen molar-refractivity contribution in [2.45, 2.75) is 106 Å². The summed E-state index contributed by atoms with van der Waals surface area (Å²) in [7, 11) is 4.10.